The number of hydrogen-bond acceptors (Lipinski definition) is 6. The second-order valence-electron chi connectivity index (χ2n) is 7.96. The van der Waals surface area contributed by atoms with Crippen molar-refractivity contribution in [3.8, 4) is 23.0 Å². The molecule has 0 radical (unpaired) electrons. The SMILES string of the molecule is CCOc1ccc(Oc2ccc(NC(=O)c3ccc(OC)c(S(=O)(=O)N4CCCC4)c3)cc2)cc1. The van der Waals surface area contributed by atoms with Gasteiger partial charge in [-0.3, -0.25) is 4.79 Å². The van der Waals surface area contributed by atoms with E-state index in [4.69, 9.17) is 14.2 Å². The van der Waals surface area contributed by atoms with Crippen molar-refractivity contribution in [1.29, 1.82) is 0 Å². The Morgan fingerprint density at radius 1 is 0.914 bits per heavy atom. The van der Waals surface area contributed by atoms with E-state index < -0.39 is 15.9 Å². The third-order valence-electron chi connectivity index (χ3n) is 5.59. The molecular weight excluding hydrogens is 468 g/mol. The van der Waals surface area contributed by atoms with Crippen LogP contribution in [0.25, 0.3) is 0 Å². The standard InChI is InChI=1S/C26H28N2O6S/c1-3-33-21-11-13-23(14-12-21)34-22-9-7-20(8-10-22)27-26(29)19-6-15-24(32-2)25(18-19)35(30,31)28-16-4-5-17-28/h6-15,18H,3-5,16-17H2,1-2H3,(H,27,29). The summed E-state index contributed by atoms with van der Waals surface area (Å²) < 4.78 is 44.1. The molecule has 1 fully saturated rings. The number of sulfonamides is 1. The lowest BCUT2D eigenvalue weighted by Crippen LogP contribution is -2.28. The van der Waals surface area contributed by atoms with E-state index in [1.807, 2.05) is 31.2 Å². The van der Waals surface area contributed by atoms with E-state index in [9.17, 15) is 13.2 Å². The quantitative estimate of drug-likeness (QED) is 0.452. The average molecular weight is 497 g/mol. The first-order chi connectivity index (χ1) is 16.9. The lowest BCUT2D eigenvalue weighted by atomic mass is 10.2. The van der Waals surface area contributed by atoms with Gasteiger partial charge in [-0.1, -0.05) is 0 Å². The molecule has 0 aliphatic carbocycles. The summed E-state index contributed by atoms with van der Waals surface area (Å²) in [6, 6.07) is 18.6. The summed E-state index contributed by atoms with van der Waals surface area (Å²) in [5, 5.41) is 2.80. The Morgan fingerprint density at radius 3 is 2.11 bits per heavy atom. The fourth-order valence-electron chi connectivity index (χ4n) is 3.80. The van der Waals surface area contributed by atoms with Crippen molar-refractivity contribution in [2.24, 2.45) is 0 Å². The van der Waals surface area contributed by atoms with E-state index >= 15 is 0 Å². The minimum Gasteiger partial charge on any atom is -0.495 e. The zero-order valence-corrected chi connectivity index (χ0v) is 20.5. The van der Waals surface area contributed by atoms with Crippen molar-refractivity contribution in [2.75, 3.05) is 32.1 Å². The van der Waals surface area contributed by atoms with E-state index in [0.29, 0.717) is 36.9 Å². The van der Waals surface area contributed by atoms with Gasteiger partial charge in [0.15, 0.2) is 0 Å². The first-order valence-corrected chi connectivity index (χ1v) is 12.8. The molecule has 0 atom stereocenters. The first-order valence-electron chi connectivity index (χ1n) is 11.4. The summed E-state index contributed by atoms with van der Waals surface area (Å²) in [5.41, 5.74) is 0.770. The number of nitrogens with zero attached hydrogens (tertiary/aromatic N) is 1. The van der Waals surface area contributed by atoms with Crippen molar-refractivity contribution in [3.05, 3.63) is 72.3 Å². The van der Waals surface area contributed by atoms with Crippen LogP contribution in [-0.4, -0.2) is 45.4 Å². The Bertz CT molecular complexity index is 1270. The molecule has 3 aromatic carbocycles. The molecule has 1 aliphatic rings. The minimum atomic E-state index is -3.75. The van der Waals surface area contributed by atoms with Gasteiger partial charge < -0.3 is 19.5 Å². The molecule has 4 rings (SSSR count). The zero-order chi connectivity index (χ0) is 24.8. The predicted molar refractivity (Wildman–Crippen MR) is 133 cm³/mol. The fraction of sp³-hybridized carbons (Fsp3) is 0.269. The Labute approximate surface area is 205 Å². The van der Waals surface area contributed by atoms with Gasteiger partial charge in [0.1, 0.15) is 27.9 Å². The second kappa shape index (κ2) is 10.8. The van der Waals surface area contributed by atoms with E-state index in [0.717, 1.165) is 18.6 Å². The molecule has 1 heterocycles. The molecule has 184 valence electrons. The lowest BCUT2D eigenvalue weighted by Gasteiger charge is -2.18. The summed E-state index contributed by atoms with van der Waals surface area (Å²) >= 11 is 0. The van der Waals surface area contributed by atoms with E-state index in [1.54, 1.807) is 30.3 Å². The van der Waals surface area contributed by atoms with Gasteiger partial charge in [-0.15, -0.1) is 0 Å². The third kappa shape index (κ3) is 5.75. The molecule has 0 unspecified atom stereocenters. The van der Waals surface area contributed by atoms with Crippen LogP contribution < -0.4 is 19.5 Å². The van der Waals surface area contributed by atoms with Crippen molar-refractivity contribution in [1.82, 2.24) is 4.31 Å². The van der Waals surface area contributed by atoms with Gasteiger partial charge in [0.25, 0.3) is 5.91 Å². The van der Waals surface area contributed by atoms with Crippen LogP contribution in [0, 0.1) is 0 Å². The van der Waals surface area contributed by atoms with Gasteiger partial charge in [0, 0.05) is 24.3 Å². The molecule has 1 aliphatic heterocycles. The van der Waals surface area contributed by atoms with E-state index in [2.05, 4.69) is 5.32 Å². The molecule has 0 bridgehead atoms. The highest BCUT2D eigenvalue weighted by atomic mass is 32.2. The Kier molecular flexibility index (Phi) is 7.57. The molecule has 9 heteroatoms. The smallest absolute Gasteiger partial charge is 0.255 e. The fourth-order valence-corrected chi connectivity index (χ4v) is 5.50. The van der Waals surface area contributed by atoms with Gasteiger partial charge in [-0.05, 0) is 86.5 Å². The second-order valence-corrected chi connectivity index (χ2v) is 9.87. The normalized spacial score (nSPS) is 13.9. The maximum absolute atomic E-state index is 13.1. The van der Waals surface area contributed by atoms with Crippen molar-refractivity contribution >= 4 is 21.6 Å². The van der Waals surface area contributed by atoms with Crippen LogP contribution in [0.4, 0.5) is 5.69 Å². The van der Waals surface area contributed by atoms with Gasteiger partial charge in [-0.2, -0.15) is 4.31 Å². The monoisotopic (exact) mass is 496 g/mol. The first kappa shape index (κ1) is 24.6. The Hall–Kier alpha value is -3.56. The van der Waals surface area contributed by atoms with Crippen LogP contribution >= 0.6 is 0 Å². The molecule has 0 aromatic heterocycles. The highest BCUT2D eigenvalue weighted by molar-refractivity contribution is 7.89. The number of nitrogens with one attached hydrogen (secondary N) is 1. The maximum Gasteiger partial charge on any atom is 0.255 e. The average Bonchev–Trinajstić information content (AvgIpc) is 3.42. The predicted octanol–water partition coefficient (Wildman–Crippen LogP) is 4.92. The molecule has 1 N–H and O–H groups in total. The molecule has 1 amide bonds. The zero-order valence-electron chi connectivity index (χ0n) is 19.7. The number of amides is 1. The number of carbonyl (C=O) groups excluding carboxylic acids is 1. The third-order valence-corrected chi connectivity index (χ3v) is 7.51. The molecule has 0 spiro atoms. The van der Waals surface area contributed by atoms with Gasteiger partial charge in [-0.25, -0.2) is 8.42 Å². The number of benzene rings is 3. The molecule has 1 saturated heterocycles. The van der Waals surface area contributed by atoms with E-state index in [1.165, 1.54) is 23.5 Å². The van der Waals surface area contributed by atoms with Crippen LogP contribution in [0.1, 0.15) is 30.1 Å². The lowest BCUT2D eigenvalue weighted by molar-refractivity contribution is 0.102. The van der Waals surface area contributed by atoms with Crippen LogP contribution in [0.3, 0.4) is 0 Å². The molecule has 35 heavy (non-hydrogen) atoms. The number of rotatable bonds is 9. The topological polar surface area (TPSA) is 94.2 Å². The summed E-state index contributed by atoms with van der Waals surface area (Å²) in [6.45, 7) is 3.45. The summed E-state index contributed by atoms with van der Waals surface area (Å²) in [7, 11) is -2.34. The number of anilines is 1. The van der Waals surface area contributed by atoms with Crippen LogP contribution in [0.2, 0.25) is 0 Å². The number of methoxy groups -OCH3 is 1. The summed E-state index contributed by atoms with van der Waals surface area (Å²) in [5.74, 6) is 1.83. The minimum absolute atomic E-state index is 0.00588. The summed E-state index contributed by atoms with van der Waals surface area (Å²) in [6.07, 6.45) is 1.64. The maximum atomic E-state index is 13.1. The van der Waals surface area contributed by atoms with Crippen molar-refractivity contribution < 1.29 is 27.4 Å². The molecule has 8 nitrogen and oxygen atoms in total. The Morgan fingerprint density at radius 2 is 1.51 bits per heavy atom. The highest BCUT2D eigenvalue weighted by Gasteiger charge is 2.30. The van der Waals surface area contributed by atoms with Crippen LogP contribution in [0.15, 0.2) is 71.6 Å². The van der Waals surface area contributed by atoms with E-state index in [-0.39, 0.29) is 16.2 Å². The van der Waals surface area contributed by atoms with Gasteiger partial charge >= 0.3 is 0 Å². The van der Waals surface area contributed by atoms with Gasteiger partial charge in [0.2, 0.25) is 10.0 Å². The van der Waals surface area contributed by atoms with Crippen LogP contribution in [-0.2, 0) is 10.0 Å². The number of carbonyl (C=O) groups is 1. The molecule has 3 aromatic rings. The van der Waals surface area contributed by atoms with Crippen molar-refractivity contribution in [2.45, 2.75) is 24.7 Å². The Balaban J connectivity index is 1.45. The number of ether oxygens (including phenoxy) is 3. The largest absolute Gasteiger partial charge is 0.495 e. The molecular formula is C26H28N2O6S. The van der Waals surface area contributed by atoms with Crippen LogP contribution in [0.5, 0.6) is 23.0 Å². The highest BCUT2D eigenvalue weighted by Crippen LogP contribution is 2.30. The number of hydrogen-bond donors (Lipinski definition) is 1. The van der Waals surface area contributed by atoms with Crippen molar-refractivity contribution in [3.63, 3.8) is 0 Å². The van der Waals surface area contributed by atoms with Gasteiger partial charge in [0.05, 0.1) is 13.7 Å². The summed E-state index contributed by atoms with van der Waals surface area (Å²) in [4.78, 5) is 12.9. The molecule has 0 saturated carbocycles.